The summed E-state index contributed by atoms with van der Waals surface area (Å²) in [5.74, 6) is -2.01. The number of carbonyl (C=O) groups excluding carboxylic acids is 2. The number of nitrogens with zero attached hydrogens (tertiary/aromatic N) is 2. The van der Waals surface area contributed by atoms with E-state index in [9.17, 15) is 25.0 Å². The van der Waals surface area contributed by atoms with Gasteiger partial charge in [-0.25, -0.2) is 4.79 Å². The van der Waals surface area contributed by atoms with Crippen LogP contribution in [0.25, 0.3) is 0 Å². The molecular formula is C25H23ClN4O6S. The molecule has 0 fully saturated rings. The van der Waals surface area contributed by atoms with Crippen molar-refractivity contribution in [2.75, 3.05) is 31.4 Å². The summed E-state index contributed by atoms with van der Waals surface area (Å²) in [6, 6.07) is 14.7. The lowest BCUT2D eigenvalue weighted by Gasteiger charge is -2.29. The van der Waals surface area contributed by atoms with Gasteiger partial charge in [0.2, 0.25) is 5.91 Å². The molecule has 0 spiro atoms. The third-order valence-corrected chi connectivity index (χ3v) is 6.58. The van der Waals surface area contributed by atoms with Crippen molar-refractivity contribution in [3.63, 3.8) is 0 Å². The Morgan fingerprint density at radius 3 is 2.57 bits per heavy atom. The van der Waals surface area contributed by atoms with Crippen LogP contribution in [0.5, 0.6) is 0 Å². The molecule has 2 aromatic rings. The summed E-state index contributed by atoms with van der Waals surface area (Å²) >= 11 is 7.09. The molecular weight excluding hydrogens is 520 g/mol. The Morgan fingerprint density at radius 1 is 1.22 bits per heavy atom. The first-order valence-electron chi connectivity index (χ1n) is 11.0. The van der Waals surface area contributed by atoms with Gasteiger partial charge in [0.1, 0.15) is 12.3 Å². The highest BCUT2D eigenvalue weighted by molar-refractivity contribution is 8.03. The first-order chi connectivity index (χ1) is 17.8. The first kappa shape index (κ1) is 27.7. The van der Waals surface area contributed by atoms with Crippen molar-refractivity contribution in [1.29, 1.82) is 5.26 Å². The van der Waals surface area contributed by atoms with Gasteiger partial charge in [-0.1, -0.05) is 47.6 Å². The maximum atomic E-state index is 13.0. The number of nitro benzene ring substituents is 1. The minimum absolute atomic E-state index is 0.0401. The molecule has 0 aromatic heterocycles. The second-order valence-electron chi connectivity index (χ2n) is 7.74. The Morgan fingerprint density at radius 2 is 1.92 bits per heavy atom. The third-order valence-electron chi connectivity index (χ3n) is 5.31. The minimum atomic E-state index is -0.765. The molecule has 0 radical (unpaired) electrons. The lowest BCUT2D eigenvalue weighted by atomic mass is 9.82. The van der Waals surface area contributed by atoms with Crippen molar-refractivity contribution in [2.24, 2.45) is 0 Å². The SMILES string of the molecule is COCCOC(=O)C1=C(C)NC(SCC(=O)Nc2ccccc2[N+](=O)[O-])=C(C#N)C1c1ccc(Cl)cc1. The zero-order chi connectivity index (χ0) is 26.9. The molecule has 12 heteroatoms. The van der Waals surface area contributed by atoms with E-state index in [1.54, 1.807) is 37.3 Å². The number of carbonyl (C=O) groups is 2. The molecule has 192 valence electrons. The molecule has 0 saturated carbocycles. The number of nitrogens with one attached hydrogen (secondary N) is 2. The lowest BCUT2D eigenvalue weighted by molar-refractivity contribution is -0.383. The second-order valence-corrected chi connectivity index (χ2v) is 9.16. The third kappa shape index (κ3) is 6.89. The first-order valence-corrected chi connectivity index (χ1v) is 12.3. The Balaban J connectivity index is 1.88. The maximum Gasteiger partial charge on any atom is 0.336 e. The Hall–Kier alpha value is -3.85. The van der Waals surface area contributed by atoms with Crippen LogP contribution in [0.4, 0.5) is 11.4 Å². The van der Waals surface area contributed by atoms with Crippen molar-refractivity contribution in [3.05, 3.63) is 91.1 Å². The summed E-state index contributed by atoms with van der Waals surface area (Å²) in [5, 5.41) is 27.8. The fourth-order valence-corrected chi connectivity index (χ4v) is 4.66. The number of nitro groups is 1. The summed E-state index contributed by atoms with van der Waals surface area (Å²) in [7, 11) is 1.49. The second kappa shape index (κ2) is 12.9. The number of dihydropyridines is 1. The number of methoxy groups -OCH3 is 1. The van der Waals surface area contributed by atoms with E-state index in [2.05, 4.69) is 16.7 Å². The van der Waals surface area contributed by atoms with Gasteiger partial charge in [-0.15, -0.1) is 0 Å². The van der Waals surface area contributed by atoms with Crippen LogP contribution in [0.2, 0.25) is 5.02 Å². The average Bonchev–Trinajstić information content (AvgIpc) is 2.87. The molecule has 0 aliphatic carbocycles. The number of anilines is 1. The number of thioether (sulfide) groups is 1. The highest BCUT2D eigenvalue weighted by Crippen LogP contribution is 2.41. The normalized spacial score (nSPS) is 15.0. The molecule has 1 aliphatic heterocycles. The van der Waals surface area contributed by atoms with Gasteiger partial charge in [0.15, 0.2) is 0 Å². The standard InChI is InChI=1S/C25H23ClN4O6S/c1-15-22(25(32)36-12-11-35-2)23(16-7-9-17(26)10-8-16)18(13-27)24(28-15)37-14-21(31)29-19-5-3-4-6-20(19)30(33)34/h3-10,23,28H,11-12,14H2,1-2H3,(H,29,31). The summed E-state index contributed by atoms with van der Waals surface area (Å²) in [5.41, 5.74) is 1.41. The quantitative estimate of drug-likeness (QED) is 0.192. The fraction of sp³-hybridized carbons (Fsp3) is 0.240. The summed E-state index contributed by atoms with van der Waals surface area (Å²) < 4.78 is 10.3. The van der Waals surface area contributed by atoms with Crippen molar-refractivity contribution < 1.29 is 24.0 Å². The molecule has 10 nitrogen and oxygen atoms in total. The monoisotopic (exact) mass is 542 g/mol. The van der Waals surface area contributed by atoms with Crippen molar-refractivity contribution in [3.8, 4) is 6.07 Å². The van der Waals surface area contributed by atoms with Crippen LogP contribution in [0.15, 0.2) is 70.4 Å². The number of allylic oxidation sites excluding steroid dienone is 2. The van der Waals surface area contributed by atoms with E-state index in [0.717, 1.165) is 11.8 Å². The van der Waals surface area contributed by atoms with E-state index in [1.165, 1.54) is 25.3 Å². The van der Waals surface area contributed by atoms with Gasteiger partial charge in [0.25, 0.3) is 5.69 Å². The molecule has 2 N–H and O–H groups in total. The zero-order valence-corrected chi connectivity index (χ0v) is 21.5. The van der Waals surface area contributed by atoms with Crippen LogP contribution in [-0.2, 0) is 19.1 Å². The van der Waals surface area contributed by atoms with E-state index in [0.29, 0.717) is 21.3 Å². The van der Waals surface area contributed by atoms with Gasteiger partial charge in [0.05, 0.1) is 45.4 Å². The van der Waals surface area contributed by atoms with Crippen LogP contribution < -0.4 is 10.6 Å². The Labute approximate surface area is 222 Å². The number of rotatable bonds is 10. The van der Waals surface area contributed by atoms with Gasteiger partial charge < -0.3 is 20.1 Å². The van der Waals surface area contributed by atoms with Gasteiger partial charge in [-0.05, 0) is 30.7 Å². The molecule has 1 unspecified atom stereocenters. The Kier molecular flexibility index (Phi) is 9.68. The molecule has 0 bridgehead atoms. The van der Waals surface area contributed by atoms with E-state index in [-0.39, 0.29) is 41.5 Å². The smallest absolute Gasteiger partial charge is 0.336 e. The molecule has 2 aromatic carbocycles. The van der Waals surface area contributed by atoms with E-state index < -0.39 is 22.7 Å². The molecule has 0 saturated heterocycles. The number of halogens is 1. The summed E-state index contributed by atoms with van der Waals surface area (Å²) in [4.78, 5) is 36.3. The number of para-hydroxylation sites is 2. The molecule has 37 heavy (non-hydrogen) atoms. The number of nitriles is 1. The topological polar surface area (TPSA) is 144 Å². The molecule has 1 aliphatic rings. The largest absolute Gasteiger partial charge is 0.460 e. The van der Waals surface area contributed by atoms with Crippen molar-refractivity contribution in [2.45, 2.75) is 12.8 Å². The van der Waals surface area contributed by atoms with Crippen LogP contribution in [-0.4, -0.2) is 42.9 Å². The number of ether oxygens (including phenoxy) is 2. The van der Waals surface area contributed by atoms with Crippen LogP contribution in [0, 0.1) is 21.4 Å². The van der Waals surface area contributed by atoms with Gasteiger partial charge in [-0.2, -0.15) is 5.26 Å². The van der Waals surface area contributed by atoms with Crippen molar-refractivity contribution in [1.82, 2.24) is 5.32 Å². The molecule has 1 heterocycles. The highest BCUT2D eigenvalue weighted by atomic mass is 35.5. The van der Waals surface area contributed by atoms with Gasteiger partial charge in [0, 0.05) is 23.9 Å². The Bertz CT molecular complexity index is 1300. The van der Waals surface area contributed by atoms with E-state index in [4.69, 9.17) is 21.1 Å². The van der Waals surface area contributed by atoms with Crippen LogP contribution in [0.3, 0.4) is 0 Å². The summed E-state index contributed by atoms with van der Waals surface area (Å²) in [6.45, 7) is 1.93. The average molecular weight is 543 g/mol. The zero-order valence-electron chi connectivity index (χ0n) is 19.9. The van der Waals surface area contributed by atoms with E-state index >= 15 is 0 Å². The van der Waals surface area contributed by atoms with E-state index in [1.807, 2.05) is 0 Å². The number of amides is 1. The van der Waals surface area contributed by atoms with Crippen LogP contribution >= 0.6 is 23.4 Å². The predicted octanol–water partition coefficient (Wildman–Crippen LogP) is 4.51. The molecule has 3 rings (SSSR count). The van der Waals surface area contributed by atoms with Crippen LogP contribution in [0.1, 0.15) is 18.4 Å². The number of hydrogen-bond donors (Lipinski definition) is 2. The number of hydrogen-bond acceptors (Lipinski definition) is 9. The molecule has 1 amide bonds. The summed E-state index contributed by atoms with van der Waals surface area (Å²) in [6.07, 6.45) is 0. The van der Waals surface area contributed by atoms with Gasteiger partial charge >= 0.3 is 5.97 Å². The fourth-order valence-electron chi connectivity index (χ4n) is 3.64. The number of esters is 1. The lowest BCUT2D eigenvalue weighted by Crippen LogP contribution is -2.29. The van der Waals surface area contributed by atoms with Crippen molar-refractivity contribution >= 4 is 46.6 Å². The minimum Gasteiger partial charge on any atom is -0.460 e. The number of benzene rings is 2. The highest BCUT2D eigenvalue weighted by Gasteiger charge is 2.35. The maximum absolute atomic E-state index is 13.0. The predicted molar refractivity (Wildman–Crippen MR) is 140 cm³/mol. The van der Waals surface area contributed by atoms with Gasteiger partial charge in [-0.3, -0.25) is 14.9 Å². The molecule has 1 atom stereocenters.